The molecule has 0 aliphatic carbocycles. The van der Waals surface area contributed by atoms with E-state index in [0.29, 0.717) is 16.9 Å². The highest BCUT2D eigenvalue weighted by atomic mass is 16.1. The SMILES string of the molecule is CC(C)[C@H](NC(=O)c1cccc(-c2ncccc2N)c1)c1ncnn1C. The molecule has 7 heteroatoms. The van der Waals surface area contributed by atoms with Crippen molar-refractivity contribution < 1.29 is 4.79 Å². The van der Waals surface area contributed by atoms with E-state index in [2.05, 4.69) is 20.4 Å². The standard InChI is InChI=1S/C19H22N6O/c1-12(2)16(18-22-11-23-25(18)3)24-19(26)14-7-4-6-13(10-14)17-15(20)8-5-9-21-17/h4-12,16H,20H2,1-3H3,(H,24,26)/t16-/m0/s1. The van der Waals surface area contributed by atoms with E-state index in [1.165, 1.54) is 6.33 Å². The van der Waals surface area contributed by atoms with E-state index in [1.54, 1.807) is 35.1 Å². The molecule has 26 heavy (non-hydrogen) atoms. The fourth-order valence-electron chi connectivity index (χ4n) is 2.81. The van der Waals surface area contributed by atoms with Gasteiger partial charge in [0.05, 0.1) is 17.4 Å². The van der Waals surface area contributed by atoms with Crippen molar-refractivity contribution in [2.24, 2.45) is 13.0 Å². The molecule has 2 aromatic heterocycles. The summed E-state index contributed by atoms with van der Waals surface area (Å²) >= 11 is 0. The third-order valence-corrected chi connectivity index (χ3v) is 4.21. The number of anilines is 1. The molecule has 0 fully saturated rings. The summed E-state index contributed by atoms with van der Waals surface area (Å²) in [6, 6.07) is 10.6. The van der Waals surface area contributed by atoms with Gasteiger partial charge in [0.15, 0.2) is 0 Å². The van der Waals surface area contributed by atoms with Crippen LogP contribution in [0.25, 0.3) is 11.3 Å². The van der Waals surface area contributed by atoms with E-state index in [-0.39, 0.29) is 17.9 Å². The number of nitrogen functional groups attached to an aromatic ring is 1. The zero-order valence-corrected chi connectivity index (χ0v) is 15.0. The molecule has 0 unspecified atom stereocenters. The molecule has 7 nitrogen and oxygen atoms in total. The minimum absolute atomic E-state index is 0.163. The highest BCUT2D eigenvalue weighted by molar-refractivity contribution is 5.96. The van der Waals surface area contributed by atoms with Crippen LogP contribution < -0.4 is 11.1 Å². The van der Waals surface area contributed by atoms with E-state index in [0.717, 1.165) is 11.4 Å². The number of aromatic nitrogens is 4. The van der Waals surface area contributed by atoms with Gasteiger partial charge < -0.3 is 11.1 Å². The largest absolute Gasteiger partial charge is 0.397 e. The van der Waals surface area contributed by atoms with Gasteiger partial charge in [0.25, 0.3) is 5.91 Å². The third kappa shape index (κ3) is 3.56. The van der Waals surface area contributed by atoms with Crippen molar-refractivity contribution in [1.82, 2.24) is 25.1 Å². The molecule has 134 valence electrons. The van der Waals surface area contributed by atoms with E-state index >= 15 is 0 Å². The molecule has 0 bridgehead atoms. The molecule has 3 aromatic rings. The van der Waals surface area contributed by atoms with Crippen molar-refractivity contribution in [2.75, 3.05) is 5.73 Å². The van der Waals surface area contributed by atoms with Crippen LogP contribution in [0.5, 0.6) is 0 Å². The molecule has 0 saturated carbocycles. The fraction of sp³-hybridized carbons (Fsp3) is 0.263. The Morgan fingerprint density at radius 1 is 1.19 bits per heavy atom. The Morgan fingerprint density at radius 3 is 2.65 bits per heavy atom. The monoisotopic (exact) mass is 350 g/mol. The first-order valence-corrected chi connectivity index (χ1v) is 8.43. The molecule has 3 N–H and O–H groups in total. The second-order valence-corrected chi connectivity index (χ2v) is 6.46. The Balaban J connectivity index is 1.87. The Bertz CT molecular complexity index is 918. The normalized spacial score (nSPS) is 12.2. The maximum Gasteiger partial charge on any atom is 0.251 e. The predicted octanol–water partition coefficient (Wildman–Crippen LogP) is 2.59. The number of nitrogens with one attached hydrogen (secondary N) is 1. The number of benzene rings is 1. The first-order valence-electron chi connectivity index (χ1n) is 8.43. The van der Waals surface area contributed by atoms with Gasteiger partial charge in [-0.2, -0.15) is 5.10 Å². The topological polar surface area (TPSA) is 98.7 Å². The van der Waals surface area contributed by atoms with Gasteiger partial charge >= 0.3 is 0 Å². The molecule has 0 spiro atoms. The summed E-state index contributed by atoms with van der Waals surface area (Å²) in [5, 5.41) is 7.15. The number of nitrogens with zero attached hydrogens (tertiary/aromatic N) is 4. The first-order chi connectivity index (χ1) is 12.5. The number of amides is 1. The lowest BCUT2D eigenvalue weighted by Gasteiger charge is -2.21. The Hall–Kier alpha value is -3.22. The Morgan fingerprint density at radius 2 is 2.00 bits per heavy atom. The lowest BCUT2D eigenvalue weighted by atomic mass is 10.0. The van der Waals surface area contributed by atoms with E-state index in [1.807, 2.05) is 33.0 Å². The van der Waals surface area contributed by atoms with Gasteiger partial charge in [-0.3, -0.25) is 14.5 Å². The quantitative estimate of drug-likeness (QED) is 0.737. The van der Waals surface area contributed by atoms with Crippen molar-refractivity contribution in [3.63, 3.8) is 0 Å². The predicted molar refractivity (Wildman–Crippen MR) is 100 cm³/mol. The number of aryl methyl sites for hydroxylation is 1. The Labute approximate surface area is 152 Å². The zero-order chi connectivity index (χ0) is 18.7. The number of carbonyl (C=O) groups excluding carboxylic acids is 1. The van der Waals surface area contributed by atoms with Crippen LogP contribution >= 0.6 is 0 Å². The second kappa shape index (κ2) is 7.35. The van der Waals surface area contributed by atoms with E-state index in [9.17, 15) is 4.79 Å². The highest BCUT2D eigenvalue weighted by Crippen LogP contribution is 2.24. The van der Waals surface area contributed by atoms with Crippen molar-refractivity contribution in [2.45, 2.75) is 19.9 Å². The summed E-state index contributed by atoms with van der Waals surface area (Å²) in [7, 11) is 1.81. The van der Waals surface area contributed by atoms with Crippen LogP contribution in [0.4, 0.5) is 5.69 Å². The summed E-state index contributed by atoms with van der Waals surface area (Å²) in [5.74, 6) is 0.706. The molecule has 3 rings (SSSR count). The van der Waals surface area contributed by atoms with Gasteiger partial charge in [-0.1, -0.05) is 26.0 Å². The number of hydrogen-bond donors (Lipinski definition) is 2. The summed E-state index contributed by atoms with van der Waals surface area (Å²) in [6.07, 6.45) is 3.17. The minimum Gasteiger partial charge on any atom is -0.397 e. The molecule has 2 heterocycles. The van der Waals surface area contributed by atoms with E-state index < -0.39 is 0 Å². The number of pyridine rings is 1. The van der Waals surface area contributed by atoms with Crippen LogP contribution in [0, 0.1) is 5.92 Å². The molecule has 1 amide bonds. The van der Waals surface area contributed by atoms with Crippen molar-refractivity contribution in [3.05, 3.63) is 60.3 Å². The van der Waals surface area contributed by atoms with Crippen molar-refractivity contribution in [1.29, 1.82) is 0 Å². The van der Waals surface area contributed by atoms with Crippen molar-refractivity contribution in [3.8, 4) is 11.3 Å². The molecule has 0 aliphatic rings. The van der Waals surface area contributed by atoms with Crippen molar-refractivity contribution >= 4 is 11.6 Å². The van der Waals surface area contributed by atoms with Crippen LogP contribution in [0.15, 0.2) is 48.9 Å². The summed E-state index contributed by atoms with van der Waals surface area (Å²) in [6.45, 7) is 4.06. The lowest BCUT2D eigenvalue weighted by Crippen LogP contribution is -2.33. The highest BCUT2D eigenvalue weighted by Gasteiger charge is 2.23. The Kier molecular flexibility index (Phi) is 4.97. The average Bonchev–Trinajstić information content (AvgIpc) is 3.05. The van der Waals surface area contributed by atoms with Crippen LogP contribution in [-0.2, 0) is 7.05 Å². The molecular formula is C19H22N6O. The van der Waals surface area contributed by atoms with Crippen LogP contribution in [0.1, 0.15) is 36.1 Å². The van der Waals surface area contributed by atoms with Crippen LogP contribution in [-0.4, -0.2) is 25.7 Å². The third-order valence-electron chi connectivity index (χ3n) is 4.21. The summed E-state index contributed by atoms with van der Waals surface area (Å²) in [4.78, 5) is 21.4. The minimum atomic E-state index is -0.237. The molecule has 0 radical (unpaired) electrons. The smallest absolute Gasteiger partial charge is 0.251 e. The van der Waals surface area contributed by atoms with Gasteiger partial charge in [-0.05, 0) is 30.2 Å². The van der Waals surface area contributed by atoms with Crippen LogP contribution in [0.2, 0.25) is 0 Å². The van der Waals surface area contributed by atoms with Gasteiger partial charge in [0.2, 0.25) is 0 Å². The van der Waals surface area contributed by atoms with Gasteiger partial charge in [-0.25, -0.2) is 4.98 Å². The second-order valence-electron chi connectivity index (χ2n) is 6.46. The van der Waals surface area contributed by atoms with Crippen LogP contribution in [0.3, 0.4) is 0 Å². The van der Waals surface area contributed by atoms with Gasteiger partial charge in [-0.15, -0.1) is 0 Å². The number of carbonyl (C=O) groups is 1. The zero-order valence-electron chi connectivity index (χ0n) is 15.0. The first kappa shape index (κ1) is 17.6. The molecule has 1 aromatic carbocycles. The van der Waals surface area contributed by atoms with Gasteiger partial charge in [0, 0.05) is 24.4 Å². The fourth-order valence-corrected chi connectivity index (χ4v) is 2.81. The maximum atomic E-state index is 12.8. The lowest BCUT2D eigenvalue weighted by molar-refractivity contribution is 0.0922. The number of hydrogen-bond acceptors (Lipinski definition) is 5. The molecule has 0 aliphatic heterocycles. The molecular weight excluding hydrogens is 328 g/mol. The number of nitrogens with two attached hydrogens (primary N) is 1. The van der Waals surface area contributed by atoms with E-state index in [4.69, 9.17) is 5.73 Å². The molecule has 0 saturated heterocycles. The average molecular weight is 350 g/mol. The maximum absolute atomic E-state index is 12.8. The summed E-state index contributed by atoms with van der Waals surface area (Å²) < 4.78 is 1.68. The number of rotatable bonds is 5. The summed E-state index contributed by atoms with van der Waals surface area (Å²) in [5.41, 5.74) is 8.58. The van der Waals surface area contributed by atoms with Gasteiger partial charge in [0.1, 0.15) is 12.2 Å². The molecule has 1 atom stereocenters.